The standard InChI is InChI=1S/C21H22N2O3S/c24-20(16-7-3-1-4-8-16)19-12-11-18(27-19)15-23-21(25)22-13-14-26-17-9-5-2-6-10-17/h1-12,20,24H,13-15H2,(H2,22,23,25)/t20-/m1/s1. The fourth-order valence-corrected chi connectivity index (χ4v) is 3.48. The van der Waals surface area contributed by atoms with Crippen molar-refractivity contribution in [3.8, 4) is 5.75 Å². The highest BCUT2D eigenvalue weighted by Crippen LogP contribution is 2.28. The number of amides is 2. The molecule has 0 aliphatic heterocycles. The molecule has 0 aliphatic rings. The number of carbonyl (C=O) groups excluding carboxylic acids is 1. The molecule has 2 amide bonds. The Morgan fingerprint density at radius 1 is 0.963 bits per heavy atom. The molecule has 0 fully saturated rings. The first kappa shape index (κ1) is 18.9. The Morgan fingerprint density at radius 3 is 2.41 bits per heavy atom. The molecular formula is C21H22N2O3S. The summed E-state index contributed by atoms with van der Waals surface area (Å²) in [5, 5.41) is 16.0. The van der Waals surface area contributed by atoms with Gasteiger partial charge in [0.05, 0.1) is 13.1 Å². The van der Waals surface area contributed by atoms with Gasteiger partial charge in [-0.25, -0.2) is 4.79 Å². The van der Waals surface area contributed by atoms with Crippen molar-refractivity contribution in [2.24, 2.45) is 0 Å². The Bertz CT molecular complexity index is 837. The van der Waals surface area contributed by atoms with Crippen molar-refractivity contribution in [2.45, 2.75) is 12.6 Å². The van der Waals surface area contributed by atoms with Gasteiger partial charge in [0.25, 0.3) is 0 Å². The highest BCUT2D eigenvalue weighted by Gasteiger charge is 2.13. The number of benzene rings is 2. The first-order valence-electron chi connectivity index (χ1n) is 8.73. The molecule has 5 nitrogen and oxygen atoms in total. The van der Waals surface area contributed by atoms with Crippen LogP contribution < -0.4 is 15.4 Å². The zero-order chi connectivity index (χ0) is 18.9. The van der Waals surface area contributed by atoms with Crippen LogP contribution in [0.1, 0.15) is 21.4 Å². The zero-order valence-corrected chi connectivity index (χ0v) is 15.6. The molecule has 2 aromatic carbocycles. The predicted octanol–water partition coefficient (Wildman–Crippen LogP) is 3.71. The summed E-state index contributed by atoms with van der Waals surface area (Å²) in [5.74, 6) is 0.780. The van der Waals surface area contributed by atoms with E-state index in [1.165, 1.54) is 11.3 Å². The summed E-state index contributed by atoms with van der Waals surface area (Å²) in [4.78, 5) is 13.7. The van der Waals surface area contributed by atoms with Gasteiger partial charge in [-0.3, -0.25) is 0 Å². The number of thiophene rings is 1. The van der Waals surface area contributed by atoms with Crippen LogP contribution in [0, 0.1) is 0 Å². The molecule has 1 heterocycles. The van der Waals surface area contributed by atoms with E-state index in [9.17, 15) is 9.90 Å². The van der Waals surface area contributed by atoms with Crippen LogP contribution in [0.4, 0.5) is 4.79 Å². The van der Waals surface area contributed by atoms with Gasteiger partial charge in [0.15, 0.2) is 0 Å². The number of carbonyl (C=O) groups is 1. The maximum atomic E-state index is 11.9. The third-order valence-electron chi connectivity index (χ3n) is 3.89. The van der Waals surface area contributed by atoms with Crippen molar-refractivity contribution in [1.82, 2.24) is 10.6 Å². The lowest BCUT2D eigenvalue weighted by Crippen LogP contribution is -2.37. The topological polar surface area (TPSA) is 70.6 Å². The second kappa shape index (κ2) is 9.75. The van der Waals surface area contributed by atoms with Crippen molar-refractivity contribution in [2.75, 3.05) is 13.2 Å². The maximum Gasteiger partial charge on any atom is 0.315 e. The third-order valence-corrected chi connectivity index (χ3v) is 5.03. The predicted molar refractivity (Wildman–Crippen MR) is 107 cm³/mol. The SMILES string of the molecule is O=C(NCCOc1ccccc1)NCc1ccc([C@H](O)c2ccccc2)s1. The summed E-state index contributed by atoms with van der Waals surface area (Å²) in [6, 6.07) is 22.6. The first-order valence-corrected chi connectivity index (χ1v) is 9.55. The fraction of sp³-hybridized carbons (Fsp3) is 0.190. The van der Waals surface area contributed by atoms with Gasteiger partial charge in [0.2, 0.25) is 0 Å². The van der Waals surface area contributed by atoms with E-state index in [4.69, 9.17) is 4.74 Å². The van der Waals surface area contributed by atoms with E-state index >= 15 is 0 Å². The Hall–Kier alpha value is -2.83. The van der Waals surface area contributed by atoms with E-state index in [1.54, 1.807) is 0 Å². The van der Waals surface area contributed by atoms with Gasteiger partial charge in [0.1, 0.15) is 18.5 Å². The molecule has 6 heteroatoms. The van der Waals surface area contributed by atoms with Crippen LogP contribution in [-0.2, 0) is 6.54 Å². The number of urea groups is 1. The number of rotatable bonds is 8. The van der Waals surface area contributed by atoms with Crippen molar-refractivity contribution in [3.63, 3.8) is 0 Å². The second-order valence-electron chi connectivity index (χ2n) is 5.89. The van der Waals surface area contributed by atoms with Crippen molar-refractivity contribution in [1.29, 1.82) is 0 Å². The molecule has 3 aromatic rings. The monoisotopic (exact) mass is 382 g/mol. The molecule has 1 aromatic heterocycles. The van der Waals surface area contributed by atoms with Gasteiger partial charge in [-0.2, -0.15) is 0 Å². The minimum atomic E-state index is -0.645. The molecule has 0 saturated heterocycles. The maximum absolute atomic E-state index is 11.9. The Morgan fingerprint density at radius 2 is 1.67 bits per heavy atom. The van der Waals surface area contributed by atoms with Crippen molar-refractivity contribution >= 4 is 17.4 Å². The van der Waals surface area contributed by atoms with Gasteiger partial charge in [0, 0.05) is 9.75 Å². The summed E-state index contributed by atoms with van der Waals surface area (Å²) in [7, 11) is 0. The molecule has 0 aliphatic carbocycles. The Kier molecular flexibility index (Phi) is 6.84. The molecule has 140 valence electrons. The highest BCUT2D eigenvalue weighted by atomic mass is 32.1. The number of ether oxygens (including phenoxy) is 1. The van der Waals surface area contributed by atoms with Crippen molar-refractivity contribution < 1.29 is 14.6 Å². The van der Waals surface area contributed by atoms with Gasteiger partial charge >= 0.3 is 6.03 Å². The molecule has 3 rings (SSSR count). The van der Waals surface area contributed by atoms with Gasteiger partial charge in [-0.15, -0.1) is 11.3 Å². The van der Waals surface area contributed by atoms with E-state index in [0.717, 1.165) is 21.1 Å². The van der Waals surface area contributed by atoms with E-state index in [1.807, 2.05) is 72.8 Å². The van der Waals surface area contributed by atoms with Gasteiger partial charge < -0.3 is 20.5 Å². The van der Waals surface area contributed by atoms with Gasteiger partial charge in [-0.1, -0.05) is 48.5 Å². The minimum Gasteiger partial charge on any atom is -0.492 e. The summed E-state index contributed by atoms with van der Waals surface area (Å²) < 4.78 is 5.52. The Balaban J connectivity index is 1.38. The molecular weight excluding hydrogens is 360 g/mol. The summed E-state index contributed by atoms with van der Waals surface area (Å²) in [5.41, 5.74) is 0.856. The van der Waals surface area contributed by atoms with Crippen LogP contribution in [0.2, 0.25) is 0 Å². The van der Waals surface area contributed by atoms with Crippen molar-refractivity contribution in [3.05, 3.63) is 88.1 Å². The fourth-order valence-electron chi connectivity index (χ4n) is 2.52. The van der Waals surface area contributed by atoms with Crippen LogP contribution in [0.5, 0.6) is 5.75 Å². The molecule has 1 atom stereocenters. The molecule has 0 spiro atoms. The molecule has 0 bridgehead atoms. The average Bonchev–Trinajstić information content (AvgIpc) is 3.19. The zero-order valence-electron chi connectivity index (χ0n) is 14.8. The largest absolute Gasteiger partial charge is 0.492 e. The number of para-hydroxylation sites is 1. The number of aliphatic hydroxyl groups excluding tert-OH is 1. The van der Waals surface area contributed by atoms with Crippen LogP contribution in [0.15, 0.2) is 72.8 Å². The molecule has 0 saturated carbocycles. The van der Waals surface area contributed by atoms with Crippen LogP contribution >= 0.6 is 11.3 Å². The lowest BCUT2D eigenvalue weighted by atomic mass is 10.1. The molecule has 0 radical (unpaired) electrons. The number of hydrogen-bond acceptors (Lipinski definition) is 4. The lowest BCUT2D eigenvalue weighted by molar-refractivity contribution is 0.224. The average molecular weight is 382 g/mol. The molecule has 0 unspecified atom stereocenters. The number of hydrogen-bond donors (Lipinski definition) is 3. The van der Waals surface area contributed by atoms with Crippen LogP contribution in [0.25, 0.3) is 0 Å². The third kappa shape index (κ3) is 5.84. The second-order valence-corrected chi connectivity index (χ2v) is 7.09. The van der Waals surface area contributed by atoms with E-state index in [2.05, 4.69) is 10.6 Å². The van der Waals surface area contributed by atoms with Crippen LogP contribution in [-0.4, -0.2) is 24.3 Å². The number of aliphatic hydroxyl groups is 1. The smallest absolute Gasteiger partial charge is 0.315 e. The quantitative estimate of drug-likeness (QED) is 0.520. The van der Waals surface area contributed by atoms with Crippen LogP contribution in [0.3, 0.4) is 0 Å². The number of nitrogens with one attached hydrogen (secondary N) is 2. The van der Waals surface area contributed by atoms with E-state index < -0.39 is 6.10 Å². The summed E-state index contributed by atoms with van der Waals surface area (Å²) in [6.45, 7) is 1.24. The van der Waals surface area contributed by atoms with E-state index in [0.29, 0.717) is 19.7 Å². The summed E-state index contributed by atoms with van der Waals surface area (Å²) in [6.07, 6.45) is -0.645. The highest BCUT2D eigenvalue weighted by molar-refractivity contribution is 7.12. The molecule has 3 N–H and O–H groups in total. The summed E-state index contributed by atoms with van der Waals surface area (Å²) >= 11 is 1.49. The normalized spacial score (nSPS) is 11.6. The first-order chi connectivity index (χ1) is 13.2. The minimum absolute atomic E-state index is 0.245. The van der Waals surface area contributed by atoms with Gasteiger partial charge in [-0.05, 0) is 29.8 Å². The van der Waals surface area contributed by atoms with E-state index in [-0.39, 0.29) is 6.03 Å². The molecule has 27 heavy (non-hydrogen) atoms. The lowest BCUT2D eigenvalue weighted by Gasteiger charge is -2.09. The Labute approximate surface area is 162 Å².